The van der Waals surface area contributed by atoms with Gasteiger partial charge in [-0.25, -0.2) is 15.0 Å². The van der Waals surface area contributed by atoms with Crippen LogP contribution in [-0.2, 0) is 48.3 Å². The number of aromatic nitrogens is 12. The third-order valence-corrected chi connectivity index (χ3v) is 14.8. The van der Waals surface area contributed by atoms with Gasteiger partial charge in [0, 0.05) is 132 Å². The van der Waals surface area contributed by atoms with Gasteiger partial charge in [0.25, 0.3) is 17.7 Å². The van der Waals surface area contributed by atoms with Crippen LogP contribution in [-0.4, -0.2) is 119 Å². The zero-order chi connectivity index (χ0) is 60.1. The molecule has 3 aliphatic carbocycles. The molecule has 6 aliphatic rings. The molecule has 444 valence electrons. The Balaban J connectivity index is 0.000000122. The summed E-state index contributed by atoms with van der Waals surface area (Å²) in [5, 5.41) is 40.7. The molecular weight excluding hydrogens is 1120 g/mol. The molecule has 9 aromatic heterocycles. The van der Waals surface area contributed by atoms with Gasteiger partial charge in [0.15, 0.2) is 16.9 Å². The van der Waals surface area contributed by atoms with Crippen LogP contribution in [0.25, 0.3) is 35.2 Å². The smallest absolute Gasteiger partial charge is 0.254 e. The van der Waals surface area contributed by atoms with Gasteiger partial charge >= 0.3 is 0 Å². The van der Waals surface area contributed by atoms with Crippen LogP contribution in [0.5, 0.6) is 0 Å². The molecule has 0 unspecified atom stereocenters. The molecule has 3 saturated heterocycles. The molecule has 9 aromatic rings. The zero-order valence-corrected chi connectivity index (χ0v) is 47.4. The largest absolute Gasteiger partial charge is 0.369 e. The fourth-order valence-corrected chi connectivity index (χ4v) is 9.81. The topological polar surface area (TPSA) is 340 Å². The summed E-state index contributed by atoms with van der Waals surface area (Å²) in [6.07, 6.45) is 26.7. The number of imide groups is 3. The van der Waals surface area contributed by atoms with Crippen LogP contribution in [0.3, 0.4) is 0 Å². The summed E-state index contributed by atoms with van der Waals surface area (Å²) < 4.78 is 5.20. The first kappa shape index (κ1) is 55.9. The Morgan fingerprint density at radius 2 is 0.909 bits per heavy atom. The van der Waals surface area contributed by atoms with Gasteiger partial charge in [-0.3, -0.25) is 59.7 Å². The second-order valence-corrected chi connectivity index (χ2v) is 21.9. The van der Waals surface area contributed by atoms with Gasteiger partial charge in [-0.2, -0.15) is 28.8 Å². The average Bonchev–Trinajstić information content (AvgIpc) is 2.23. The summed E-state index contributed by atoms with van der Waals surface area (Å²) >= 11 is 0. The monoisotopic (exact) mass is 1180 g/mol. The van der Waals surface area contributed by atoms with Crippen molar-refractivity contribution in [3.05, 3.63) is 160 Å². The number of anilines is 6. The van der Waals surface area contributed by atoms with Crippen molar-refractivity contribution in [2.75, 3.05) is 38.4 Å². The number of hydrogen-bond acceptors (Lipinski definition) is 21. The molecule has 6 amide bonds. The number of carbonyl (C=O) groups excluding carboxylic acids is 6. The lowest BCUT2D eigenvalue weighted by molar-refractivity contribution is -0.125. The lowest BCUT2D eigenvalue weighted by Gasteiger charge is -2.11. The maximum absolute atomic E-state index is 11.9. The summed E-state index contributed by atoms with van der Waals surface area (Å²) in [6.45, 7) is 1.88. The summed E-state index contributed by atoms with van der Waals surface area (Å²) in [5.74, 6) is 2.67. The van der Waals surface area contributed by atoms with Gasteiger partial charge in [-0.1, -0.05) is 12.1 Å². The van der Waals surface area contributed by atoms with E-state index in [2.05, 4.69) is 78.1 Å². The van der Waals surface area contributed by atoms with E-state index in [-0.39, 0.29) is 54.7 Å². The molecule has 0 bridgehead atoms. The van der Waals surface area contributed by atoms with Crippen LogP contribution >= 0.6 is 0 Å². The quantitative estimate of drug-likeness (QED) is 0.0368. The van der Waals surface area contributed by atoms with E-state index in [1.54, 1.807) is 81.3 Å². The van der Waals surface area contributed by atoms with Crippen LogP contribution in [0.2, 0.25) is 0 Å². The highest BCUT2D eigenvalue weighted by molar-refractivity contribution is 6.17. The number of nitrogens with zero attached hydrogens (tertiary/aromatic N) is 12. The summed E-state index contributed by atoms with van der Waals surface area (Å²) in [6, 6.07) is 20.8. The minimum atomic E-state index is -0.364. The molecule has 0 aromatic carbocycles. The van der Waals surface area contributed by atoms with Crippen LogP contribution in [0, 0.1) is 0 Å². The Morgan fingerprint density at radius 1 is 0.466 bits per heavy atom. The number of nitrogens with one attached hydrogen (secondary N) is 9. The highest BCUT2D eigenvalue weighted by atomic mass is 16.2. The van der Waals surface area contributed by atoms with Gasteiger partial charge in [-0.05, 0) is 98.2 Å². The molecule has 27 nitrogen and oxygen atoms in total. The van der Waals surface area contributed by atoms with E-state index in [9.17, 15) is 28.8 Å². The summed E-state index contributed by atoms with van der Waals surface area (Å²) in [4.78, 5) is 96.8. The molecule has 3 saturated carbocycles. The maximum atomic E-state index is 11.9. The van der Waals surface area contributed by atoms with Crippen molar-refractivity contribution >= 4 is 106 Å². The van der Waals surface area contributed by atoms with E-state index in [0.29, 0.717) is 106 Å². The minimum Gasteiger partial charge on any atom is -0.369 e. The molecule has 12 heterocycles. The van der Waals surface area contributed by atoms with Crippen LogP contribution < -0.4 is 47.9 Å². The van der Waals surface area contributed by atoms with Crippen molar-refractivity contribution in [3.8, 4) is 0 Å². The SMILES string of the molecule is O=C1C/C(=C\c2cnn3c(NC4CC4)cc(NCCc4ccccn4)nc23)C(=O)N1.O=C1C/C(=C\c2cnn3c(NC4CC4)cc(NCc4cccnc4)nc23)C(=O)N1.O=C1C/C(=C\c2cnn3c(NC4CC4)cc(NCc4ccncc4)nc23)C(=O)N1. The van der Waals surface area contributed by atoms with E-state index in [0.717, 1.165) is 79.2 Å². The first-order valence-corrected chi connectivity index (χ1v) is 29.0. The molecular formula is C61H59N21O6. The number of amides is 6. The molecule has 88 heavy (non-hydrogen) atoms. The van der Waals surface area contributed by atoms with Gasteiger partial charge in [0.1, 0.15) is 34.9 Å². The number of hydrogen-bond donors (Lipinski definition) is 9. The number of rotatable bonds is 19. The molecule has 0 radical (unpaired) electrons. The molecule has 6 fully saturated rings. The van der Waals surface area contributed by atoms with E-state index in [1.165, 1.54) is 0 Å². The molecule has 3 aliphatic heterocycles. The second-order valence-electron chi connectivity index (χ2n) is 21.9. The third-order valence-electron chi connectivity index (χ3n) is 14.8. The number of fused-ring (bicyclic) bond motifs is 3. The molecule has 0 spiro atoms. The predicted octanol–water partition coefficient (Wildman–Crippen LogP) is 5.26. The van der Waals surface area contributed by atoms with E-state index in [1.807, 2.05) is 60.7 Å². The van der Waals surface area contributed by atoms with Crippen LogP contribution in [0.1, 0.15) is 91.3 Å². The minimum absolute atomic E-state index is 0.0717. The Hall–Kier alpha value is -11.3. The first-order chi connectivity index (χ1) is 43.0. The van der Waals surface area contributed by atoms with Crippen LogP contribution in [0.4, 0.5) is 34.9 Å². The summed E-state index contributed by atoms with van der Waals surface area (Å²) in [7, 11) is 0. The Kier molecular flexibility index (Phi) is 15.7. The van der Waals surface area contributed by atoms with Crippen molar-refractivity contribution in [2.45, 2.75) is 95.4 Å². The number of carbonyl (C=O) groups is 6. The van der Waals surface area contributed by atoms with Crippen molar-refractivity contribution in [2.24, 2.45) is 0 Å². The number of pyridine rings is 3. The highest BCUT2D eigenvalue weighted by Gasteiger charge is 2.29. The Bertz CT molecular complexity index is 4100. The second kappa shape index (κ2) is 24.8. The van der Waals surface area contributed by atoms with Crippen molar-refractivity contribution < 1.29 is 28.8 Å². The third kappa shape index (κ3) is 13.6. The molecule has 15 rings (SSSR count). The van der Waals surface area contributed by atoms with Crippen molar-refractivity contribution in [1.82, 2.24) is 74.7 Å². The van der Waals surface area contributed by atoms with Gasteiger partial charge in [-0.15, -0.1) is 0 Å². The maximum Gasteiger partial charge on any atom is 0.254 e. The predicted molar refractivity (Wildman–Crippen MR) is 326 cm³/mol. The Labute approximate surface area is 501 Å². The van der Waals surface area contributed by atoms with Crippen LogP contribution in [0.15, 0.2) is 127 Å². The fourth-order valence-electron chi connectivity index (χ4n) is 9.81. The standard InChI is InChI=1S/C21H21N7O2.2C20H19N7O2/c29-19-10-13(21(30)27-19)9-14-12-24-28-18(25-16-4-5-16)11-17(26-20(14)28)23-8-6-15-3-1-2-7-22-15;28-18-8-13(20(29)26-18)7-14-11-23-27-17(24-15-1-2-15)9-16(25-19(14)27)22-10-12-3-5-21-6-4-12;28-18-7-13(20(29)26-18)6-14-11-23-27-17(24-15-3-4-15)8-16(25-19(14)27)22-10-12-2-1-5-21-9-12/h1-3,7,9,11-12,16,25H,4-6,8,10H2,(H,23,26)(H,27,29,30);3-7,9,11,15,24H,1-2,8,10H2,(H,22,25)(H,26,28,29);1-2,5-6,8-9,11,15,24H,3-4,7,10H2,(H,22,25)(H,26,28,29)/b13-9+;13-7+;13-6+. The van der Waals surface area contributed by atoms with E-state index < -0.39 is 0 Å². The molecule has 9 N–H and O–H groups in total. The van der Waals surface area contributed by atoms with Gasteiger partial charge in [0.2, 0.25) is 17.7 Å². The molecule has 27 heteroatoms. The highest BCUT2D eigenvalue weighted by Crippen LogP contribution is 2.32. The lowest BCUT2D eigenvalue weighted by atomic mass is 10.1. The van der Waals surface area contributed by atoms with Gasteiger partial charge < -0.3 is 31.9 Å². The average molecular weight is 1180 g/mol. The van der Waals surface area contributed by atoms with E-state index in [4.69, 9.17) is 15.0 Å². The van der Waals surface area contributed by atoms with Crippen molar-refractivity contribution in [1.29, 1.82) is 0 Å². The lowest BCUT2D eigenvalue weighted by Crippen LogP contribution is -2.19. The Morgan fingerprint density at radius 3 is 1.30 bits per heavy atom. The fraction of sp³-hybridized carbons (Fsp3) is 0.262. The van der Waals surface area contributed by atoms with E-state index >= 15 is 0 Å². The zero-order valence-electron chi connectivity index (χ0n) is 47.4. The summed E-state index contributed by atoms with van der Waals surface area (Å²) in [5.41, 5.74) is 8.33. The molecule has 0 atom stereocenters. The normalized spacial score (nSPS) is 17.7. The van der Waals surface area contributed by atoms with Gasteiger partial charge in [0.05, 0.1) is 37.9 Å². The van der Waals surface area contributed by atoms with Crippen molar-refractivity contribution in [3.63, 3.8) is 0 Å². The first-order valence-electron chi connectivity index (χ1n) is 29.0.